The van der Waals surface area contributed by atoms with Crippen molar-refractivity contribution in [2.24, 2.45) is 0 Å². The van der Waals surface area contributed by atoms with Gasteiger partial charge in [0.2, 0.25) is 0 Å². The second-order valence-corrected chi connectivity index (χ2v) is 3.88. The van der Waals surface area contributed by atoms with Gasteiger partial charge in [0.1, 0.15) is 5.82 Å². The van der Waals surface area contributed by atoms with Crippen LogP contribution < -0.4 is 5.32 Å². The molecule has 1 aromatic carbocycles. The molecule has 0 aliphatic rings. The van der Waals surface area contributed by atoms with Crippen LogP contribution >= 0.6 is 15.9 Å². The van der Waals surface area contributed by atoms with Crippen LogP contribution in [0, 0.1) is 5.82 Å². The van der Waals surface area contributed by atoms with Crippen molar-refractivity contribution in [2.75, 3.05) is 13.6 Å². The molecule has 0 heterocycles. The van der Waals surface area contributed by atoms with E-state index in [2.05, 4.69) is 21.2 Å². The molecular formula is C11H13BrFN. The van der Waals surface area contributed by atoms with Crippen molar-refractivity contribution in [1.82, 2.24) is 5.32 Å². The van der Waals surface area contributed by atoms with E-state index in [9.17, 15) is 4.39 Å². The topological polar surface area (TPSA) is 12.0 Å². The number of benzene rings is 1. The molecule has 1 aromatic rings. The van der Waals surface area contributed by atoms with E-state index >= 15 is 0 Å². The molecule has 0 radical (unpaired) electrons. The maximum absolute atomic E-state index is 13.3. The molecule has 1 N–H and O–H groups in total. The maximum Gasteiger partial charge on any atom is 0.131 e. The zero-order chi connectivity index (χ0) is 10.4. The Morgan fingerprint density at radius 2 is 2.29 bits per heavy atom. The molecule has 0 unspecified atom stereocenters. The molecule has 14 heavy (non-hydrogen) atoms. The van der Waals surface area contributed by atoms with E-state index in [0.29, 0.717) is 5.56 Å². The summed E-state index contributed by atoms with van der Waals surface area (Å²) in [4.78, 5) is 0. The first kappa shape index (κ1) is 11.4. The number of nitrogens with one attached hydrogen (secondary N) is 1. The lowest BCUT2D eigenvalue weighted by Crippen LogP contribution is -2.05. The Balaban J connectivity index is 2.62. The van der Waals surface area contributed by atoms with E-state index < -0.39 is 0 Å². The van der Waals surface area contributed by atoms with Crippen LogP contribution in [0.2, 0.25) is 0 Å². The van der Waals surface area contributed by atoms with Gasteiger partial charge >= 0.3 is 0 Å². The lowest BCUT2D eigenvalue weighted by Gasteiger charge is -1.97. The summed E-state index contributed by atoms with van der Waals surface area (Å²) in [6.07, 6.45) is 4.67. The third-order valence-corrected chi connectivity index (χ3v) is 2.31. The van der Waals surface area contributed by atoms with Crippen LogP contribution in [0.5, 0.6) is 0 Å². The molecule has 1 nitrogen and oxygen atoms in total. The first-order valence-corrected chi connectivity index (χ1v) is 5.29. The molecule has 0 bridgehead atoms. The third-order valence-electron chi connectivity index (χ3n) is 1.82. The van der Waals surface area contributed by atoms with Crippen LogP contribution in [0.1, 0.15) is 12.0 Å². The van der Waals surface area contributed by atoms with Crippen molar-refractivity contribution in [2.45, 2.75) is 6.42 Å². The average molecular weight is 258 g/mol. The molecule has 3 heteroatoms. The predicted molar refractivity (Wildman–Crippen MR) is 61.7 cm³/mol. The van der Waals surface area contributed by atoms with Gasteiger partial charge in [0, 0.05) is 10.0 Å². The van der Waals surface area contributed by atoms with Crippen LogP contribution in [0.15, 0.2) is 28.7 Å². The van der Waals surface area contributed by atoms with Gasteiger partial charge in [0.15, 0.2) is 0 Å². The van der Waals surface area contributed by atoms with Crippen LogP contribution in [0.4, 0.5) is 4.39 Å². The highest BCUT2D eigenvalue weighted by atomic mass is 79.9. The first-order valence-electron chi connectivity index (χ1n) is 4.50. The Hall–Kier alpha value is -0.670. The van der Waals surface area contributed by atoms with E-state index in [-0.39, 0.29) is 5.82 Å². The maximum atomic E-state index is 13.3. The summed E-state index contributed by atoms with van der Waals surface area (Å²) >= 11 is 3.22. The Labute approximate surface area is 92.1 Å². The van der Waals surface area contributed by atoms with Crippen molar-refractivity contribution in [1.29, 1.82) is 0 Å². The number of hydrogen-bond donors (Lipinski definition) is 1. The fourth-order valence-corrected chi connectivity index (χ4v) is 1.41. The summed E-state index contributed by atoms with van der Waals surface area (Å²) in [6.45, 7) is 0.911. The molecular weight excluding hydrogens is 245 g/mol. The summed E-state index contributed by atoms with van der Waals surface area (Å²) in [7, 11) is 1.90. The highest BCUT2D eigenvalue weighted by Gasteiger charge is 1.97. The highest BCUT2D eigenvalue weighted by molar-refractivity contribution is 9.10. The molecule has 0 spiro atoms. The minimum Gasteiger partial charge on any atom is -0.319 e. The normalized spacial score (nSPS) is 11.1. The predicted octanol–water partition coefficient (Wildman–Crippen LogP) is 3.21. The molecule has 0 aliphatic carbocycles. The van der Waals surface area contributed by atoms with Gasteiger partial charge in [0.05, 0.1) is 0 Å². The Kier molecular flexibility index (Phi) is 4.84. The van der Waals surface area contributed by atoms with Gasteiger partial charge in [-0.1, -0.05) is 34.1 Å². The second kappa shape index (κ2) is 5.94. The smallest absolute Gasteiger partial charge is 0.131 e. The average Bonchev–Trinajstić information content (AvgIpc) is 2.15. The largest absolute Gasteiger partial charge is 0.319 e. The highest BCUT2D eigenvalue weighted by Crippen LogP contribution is 2.16. The summed E-state index contributed by atoms with van der Waals surface area (Å²) < 4.78 is 14.0. The van der Waals surface area contributed by atoms with Crippen molar-refractivity contribution < 1.29 is 4.39 Å². The van der Waals surface area contributed by atoms with Crippen molar-refractivity contribution in [3.05, 3.63) is 40.1 Å². The summed E-state index contributed by atoms with van der Waals surface area (Å²) in [5.74, 6) is -0.194. The molecule has 0 atom stereocenters. The summed E-state index contributed by atoms with van der Waals surface area (Å²) in [5, 5.41) is 3.03. The number of halogens is 2. The van der Waals surface area contributed by atoms with E-state index in [4.69, 9.17) is 0 Å². The molecule has 0 aromatic heterocycles. The van der Waals surface area contributed by atoms with Crippen molar-refractivity contribution >= 4 is 22.0 Å². The van der Waals surface area contributed by atoms with E-state index in [0.717, 1.165) is 17.4 Å². The molecule has 1 rings (SSSR count). The minimum atomic E-state index is -0.194. The Morgan fingerprint density at radius 3 is 2.93 bits per heavy atom. The van der Waals surface area contributed by atoms with Crippen LogP contribution in [0.25, 0.3) is 6.08 Å². The van der Waals surface area contributed by atoms with Gasteiger partial charge in [-0.05, 0) is 32.1 Å². The molecule has 0 aliphatic heterocycles. The number of rotatable bonds is 4. The standard InChI is InChI=1S/C11H13BrFN/c1-14-7-3-2-4-9-5-6-10(12)8-11(9)13/h2,4-6,8,14H,3,7H2,1H3. The van der Waals surface area contributed by atoms with Crippen LogP contribution in [-0.2, 0) is 0 Å². The van der Waals surface area contributed by atoms with E-state index in [1.807, 2.05) is 19.2 Å². The lowest BCUT2D eigenvalue weighted by atomic mass is 10.2. The molecule has 0 saturated heterocycles. The number of hydrogen-bond acceptors (Lipinski definition) is 1. The monoisotopic (exact) mass is 257 g/mol. The summed E-state index contributed by atoms with van der Waals surface area (Å²) in [5.41, 5.74) is 0.629. The fourth-order valence-electron chi connectivity index (χ4n) is 1.07. The van der Waals surface area contributed by atoms with Gasteiger partial charge in [0.25, 0.3) is 0 Å². The second-order valence-electron chi connectivity index (χ2n) is 2.96. The third kappa shape index (κ3) is 3.60. The zero-order valence-electron chi connectivity index (χ0n) is 8.06. The van der Waals surface area contributed by atoms with Gasteiger partial charge in [-0.25, -0.2) is 4.39 Å². The Bertz CT molecular complexity index is 323. The van der Waals surface area contributed by atoms with Crippen molar-refractivity contribution in [3.8, 4) is 0 Å². The zero-order valence-corrected chi connectivity index (χ0v) is 9.64. The van der Waals surface area contributed by atoms with Crippen LogP contribution in [-0.4, -0.2) is 13.6 Å². The van der Waals surface area contributed by atoms with E-state index in [1.165, 1.54) is 6.07 Å². The van der Waals surface area contributed by atoms with Crippen molar-refractivity contribution in [3.63, 3.8) is 0 Å². The molecule has 0 amide bonds. The summed E-state index contributed by atoms with van der Waals surface area (Å²) in [6, 6.07) is 5.06. The molecule has 0 saturated carbocycles. The van der Waals surface area contributed by atoms with Crippen LogP contribution in [0.3, 0.4) is 0 Å². The fraction of sp³-hybridized carbons (Fsp3) is 0.273. The van der Waals surface area contributed by atoms with E-state index in [1.54, 1.807) is 12.1 Å². The van der Waals surface area contributed by atoms with Gasteiger partial charge in [-0.2, -0.15) is 0 Å². The quantitative estimate of drug-likeness (QED) is 0.818. The SMILES string of the molecule is CNCCC=Cc1ccc(Br)cc1F. The van der Waals surface area contributed by atoms with Gasteiger partial charge < -0.3 is 5.32 Å². The minimum absolute atomic E-state index is 0.194. The lowest BCUT2D eigenvalue weighted by molar-refractivity contribution is 0.624. The van der Waals surface area contributed by atoms with Gasteiger partial charge in [-0.3, -0.25) is 0 Å². The Morgan fingerprint density at radius 1 is 1.50 bits per heavy atom. The van der Waals surface area contributed by atoms with Gasteiger partial charge in [-0.15, -0.1) is 0 Å². The first-order chi connectivity index (χ1) is 6.74. The molecule has 0 fully saturated rings. The molecule has 76 valence electrons.